The molecule has 0 aliphatic carbocycles. The number of hydrogen-bond donors (Lipinski definition) is 0. The zero-order valence-electron chi connectivity index (χ0n) is 16.6. The van der Waals surface area contributed by atoms with Crippen molar-refractivity contribution in [2.45, 2.75) is 39.4 Å². The average Bonchev–Trinajstić information content (AvgIpc) is 2.68. The topological polar surface area (TPSA) is 95.3 Å². The van der Waals surface area contributed by atoms with Gasteiger partial charge in [-0.25, -0.2) is 4.68 Å². The van der Waals surface area contributed by atoms with Crippen molar-refractivity contribution in [1.82, 2.24) is 14.7 Å². The molecule has 1 aromatic heterocycles. The van der Waals surface area contributed by atoms with Gasteiger partial charge in [0.25, 0.3) is 5.56 Å². The second kappa shape index (κ2) is 7.87. The van der Waals surface area contributed by atoms with Crippen molar-refractivity contribution < 1.29 is 14.7 Å². The SMILES string of the molecule is CC(C)(C)N(Cc1ccccc1)C(=O)Cn1nc(C(=O)[O-])c2ccccc2c1=O. The number of carbonyl (C=O) groups is 2. The zero-order chi connectivity index (χ0) is 21.2. The summed E-state index contributed by atoms with van der Waals surface area (Å²) in [6.45, 7) is 5.69. The molecule has 0 saturated carbocycles. The van der Waals surface area contributed by atoms with Crippen LogP contribution in [-0.2, 0) is 17.9 Å². The molecule has 0 fully saturated rings. The Morgan fingerprint density at radius 2 is 1.59 bits per heavy atom. The first-order valence-electron chi connectivity index (χ1n) is 9.24. The number of benzene rings is 2. The minimum absolute atomic E-state index is 0.180. The molecule has 0 aliphatic heterocycles. The van der Waals surface area contributed by atoms with Gasteiger partial charge in [0.05, 0.1) is 11.4 Å². The highest BCUT2D eigenvalue weighted by atomic mass is 16.4. The first-order chi connectivity index (χ1) is 13.7. The first kappa shape index (κ1) is 20.3. The van der Waals surface area contributed by atoms with Crippen LogP contribution in [0.2, 0.25) is 0 Å². The molecule has 0 atom stereocenters. The molecule has 2 aromatic carbocycles. The minimum atomic E-state index is -1.50. The maximum Gasteiger partial charge on any atom is 0.275 e. The molecule has 0 bridgehead atoms. The van der Waals surface area contributed by atoms with Crippen LogP contribution in [0.15, 0.2) is 59.4 Å². The molecular formula is C22H22N3O4-. The number of nitrogens with zero attached hydrogens (tertiary/aromatic N) is 3. The lowest BCUT2D eigenvalue weighted by molar-refractivity contribution is -0.255. The summed E-state index contributed by atoms with van der Waals surface area (Å²) in [4.78, 5) is 39.0. The maximum atomic E-state index is 13.1. The zero-order valence-corrected chi connectivity index (χ0v) is 16.6. The summed E-state index contributed by atoms with van der Waals surface area (Å²) in [7, 11) is 0. The van der Waals surface area contributed by atoms with Gasteiger partial charge in [-0.1, -0.05) is 48.5 Å². The van der Waals surface area contributed by atoms with Gasteiger partial charge in [-0.3, -0.25) is 9.59 Å². The number of rotatable bonds is 5. The number of carbonyl (C=O) groups excluding carboxylic acids is 2. The van der Waals surface area contributed by atoms with Gasteiger partial charge in [0, 0.05) is 17.5 Å². The number of fused-ring (bicyclic) bond motifs is 1. The lowest BCUT2D eigenvalue weighted by Gasteiger charge is -2.36. The van der Waals surface area contributed by atoms with E-state index in [1.165, 1.54) is 12.1 Å². The molecule has 1 heterocycles. The number of aromatic nitrogens is 2. The quantitative estimate of drug-likeness (QED) is 0.657. The Labute approximate surface area is 168 Å². The average molecular weight is 392 g/mol. The third-order valence-electron chi connectivity index (χ3n) is 4.64. The fourth-order valence-electron chi connectivity index (χ4n) is 3.17. The highest BCUT2D eigenvalue weighted by molar-refractivity contribution is 6.00. The van der Waals surface area contributed by atoms with Gasteiger partial charge < -0.3 is 14.8 Å². The van der Waals surface area contributed by atoms with Crippen molar-refractivity contribution in [3.63, 3.8) is 0 Å². The van der Waals surface area contributed by atoms with Crippen molar-refractivity contribution in [3.8, 4) is 0 Å². The van der Waals surface area contributed by atoms with E-state index in [2.05, 4.69) is 5.10 Å². The molecule has 0 spiro atoms. The Morgan fingerprint density at radius 1 is 1.00 bits per heavy atom. The van der Waals surface area contributed by atoms with E-state index in [1.807, 2.05) is 51.1 Å². The van der Waals surface area contributed by atoms with E-state index in [9.17, 15) is 19.5 Å². The van der Waals surface area contributed by atoms with Crippen LogP contribution < -0.4 is 10.7 Å². The van der Waals surface area contributed by atoms with Crippen molar-refractivity contribution in [1.29, 1.82) is 0 Å². The monoisotopic (exact) mass is 392 g/mol. The van der Waals surface area contributed by atoms with Crippen molar-refractivity contribution in [3.05, 3.63) is 76.2 Å². The van der Waals surface area contributed by atoms with Gasteiger partial charge in [0.2, 0.25) is 5.91 Å². The highest BCUT2D eigenvalue weighted by Crippen LogP contribution is 2.18. The normalized spacial score (nSPS) is 11.4. The molecule has 0 saturated heterocycles. The molecule has 0 aliphatic rings. The Kier molecular flexibility index (Phi) is 5.50. The molecule has 3 aromatic rings. The van der Waals surface area contributed by atoms with Crippen LogP contribution >= 0.6 is 0 Å². The molecule has 3 rings (SSSR count). The Hall–Kier alpha value is -3.48. The third-order valence-corrected chi connectivity index (χ3v) is 4.64. The molecule has 0 radical (unpaired) electrons. The smallest absolute Gasteiger partial charge is 0.275 e. The van der Waals surface area contributed by atoms with Crippen molar-refractivity contribution in [2.24, 2.45) is 0 Å². The van der Waals surface area contributed by atoms with Gasteiger partial charge in [0.1, 0.15) is 12.2 Å². The van der Waals surface area contributed by atoms with Crippen LogP contribution in [0.25, 0.3) is 10.8 Å². The van der Waals surface area contributed by atoms with E-state index in [4.69, 9.17) is 0 Å². The first-order valence-corrected chi connectivity index (χ1v) is 9.24. The molecule has 0 unspecified atom stereocenters. The second-order valence-corrected chi connectivity index (χ2v) is 7.78. The predicted molar refractivity (Wildman–Crippen MR) is 107 cm³/mol. The van der Waals surface area contributed by atoms with E-state index in [0.29, 0.717) is 6.54 Å². The Bertz CT molecular complexity index is 1110. The van der Waals surface area contributed by atoms with Crippen molar-refractivity contribution >= 4 is 22.6 Å². The summed E-state index contributed by atoms with van der Waals surface area (Å²) in [5.41, 5.74) is -0.444. The van der Waals surface area contributed by atoms with E-state index in [1.54, 1.807) is 17.0 Å². The standard InChI is InChI=1S/C22H23N3O4/c1-22(2,3)24(13-15-9-5-4-6-10-15)18(26)14-25-20(27)17-12-8-7-11-16(17)19(23-25)21(28)29/h4-12H,13-14H2,1-3H3,(H,28,29)/p-1. The number of hydrogen-bond acceptors (Lipinski definition) is 5. The Balaban J connectivity index is 2.00. The molecule has 29 heavy (non-hydrogen) atoms. The van der Waals surface area contributed by atoms with E-state index in [-0.39, 0.29) is 28.9 Å². The van der Waals surface area contributed by atoms with Crippen LogP contribution in [0.4, 0.5) is 0 Å². The summed E-state index contributed by atoms with van der Waals surface area (Å²) in [5.74, 6) is -1.84. The van der Waals surface area contributed by atoms with Gasteiger partial charge in [-0.2, -0.15) is 5.10 Å². The van der Waals surface area contributed by atoms with Crippen LogP contribution in [0, 0.1) is 0 Å². The summed E-state index contributed by atoms with van der Waals surface area (Å²) in [5, 5.41) is 15.8. The number of carboxylic acids is 1. The summed E-state index contributed by atoms with van der Waals surface area (Å²) < 4.78 is 0.902. The fraction of sp³-hybridized carbons (Fsp3) is 0.273. The second-order valence-electron chi connectivity index (χ2n) is 7.78. The van der Waals surface area contributed by atoms with Crippen molar-refractivity contribution in [2.75, 3.05) is 0 Å². The van der Waals surface area contributed by atoms with Crippen LogP contribution in [0.3, 0.4) is 0 Å². The third kappa shape index (κ3) is 4.34. The van der Waals surface area contributed by atoms with E-state index >= 15 is 0 Å². The molecule has 7 heteroatoms. The van der Waals surface area contributed by atoms with E-state index < -0.39 is 17.1 Å². The summed E-state index contributed by atoms with van der Waals surface area (Å²) >= 11 is 0. The molecule has 0 N–H and O–H groups in total. The maximum absolute atomic E-state index is 13.1. The number of amides is 1. The summed E-state index contributed by atoms with van der Waals surface area (Å²) in [6, 6.07) is 15.8. The van der Waals surface area contributed by atoms with Crippen LogP contribution in [0.5, 0.6) is 0 Å². The molecule has 7 nitrogen and oxygen atoms in total. The highest BCUT2D eigenvalue weighted by Gasteiger charge is 2.27. The van der Waals surface area contributed by atoms with Gasteiger partial charge in [0.15, 0.2) is 0 Å². The van der Waals surface area contributed by atoms with Crippen LogP contribution in [-0.4, -0.2) is 32.1 Å². The van der Waals surface area contributed by atoms with E-state index in [0.717, 1.165) is 10.2 Å². The summed E-state index contributed by atoms with van der Waals surface area (Å²) in [6.07, 6.45) is 0. The molecular weight excluding hydrogens is 370 g/mol. The van der Waals surface area contributed by atoms with Gasteiger partial charge in [-0.15, -0.1) is 0 Å². The lowest BCUT2D eigenvalue weighted by atomic mass is 10.0. The Morgan fingerprint density at radius 3 is 2.17 bits per heavy atom. The van der Waals surface area contributed by atoms with Gasteiger partial charge in [-0.05, 0) is 32.4 Å². The number of aromatic carboxylic acids is 1. The predicted octanol–water partition coefficient (Wildman–Crippen LogP) is 1.59. The van der Waals surface area contributed by atoms with Crippen LogP contribution in [0.1, 0.15) is 36.8 Å². The number of carboxylic acid groups (broad SMARTS) is 1. The molecule has 150 valence electrons. The lowest BCUT2D eigenvalue weighted by Crippen LogP contribution is -2.47. The largest absolute Gasteiger partial charge is 0.543 e. The van der Waals surface area contributed by atoms with Gasteiger partial charge >= 0.3 is 0 Å². The molecule has 1 amide bonds. The minimum Gasteiger partial charge on any atom is -0.543 e. The fourth-order valence-corrected chi connectivity index (χ4v) is 3.17.